The predicted molar refractivity (Wildman–Crippen MR) is 87.8 cm³/mol. The Kier molecular flexibility index (Phi) is 5.63. The highest BCUT2D eigenvalue weighted by Gasteiger charge is 2.35. The number of aromatic nitrogens is 2. The molecule has 1 aliphatic heterocycles. The second-order valence-electron chi connectivity index (χ2n) is 6.18. The molecule has 7 nitrogen and oxygen atoms in total. The van der Waals surface area contributed by atoms with E-state index in [1.807, 2.05) is 20.2 Å². The molecule has 2 heterocycles. The number of likely N-dealkylation sites (N-methyl/N-ethyl adjacent to an activating group) is 1. The number of nitrogens with zero attached hydrogens (tertiary/aromatic N) is 4. The molecule has 0 saturated carbocycles. The maximum absolute atomic E-state index is 12.5. The van der Waals surface area contributed by atoms with Gasteiger partial charge in [-0.15, -0.1) is 0 Å². The summed E-state index contributed by atoms with van der Waals surface area (Å²) in [5.74, 6) is 0.0393. The van der Waals surface area contributed by atoms with Crippen LogP contribution in [0.5, 0.6) is 0 Å². The first-order valence-corrected chi connectivity index (χ1v) is 8.22. The quantitative estimate of drug-likeness (QED) is 0.888. The average molecular weight is 321 g/mol. The van der Waals surface area contributed by atoms with Gasteiger partial charge in [0.1, 0.15) is 6.04 Å². The van der Waals surface area contributed by atoms with E-state index < -0.39 is 0 Å². The number of carbonyl (C=O) groups is 2. The van der Waals surface area contributed by atoms with Crippen LogP contribution in [0.1, 0.15) is 37.4 Å². The van der Waals surface area contributed by atoms with Gasteiger partial charge < -0.3 is 15.1 Å². The Morgan fingerprint density at radius 3 is 2.74 bits per heavy atom. The van der Waals surface area contributed by atoms with Crippen molar-refractivity contribution >= 4 is 11.9 Å². The monoisotopic (exact) mass is 321 g/mol. The normalized spacial score (nSPS) is 18.4. The summed E-state index contributed by atoms with van der Waals surface area (Å²) in [5, 5.41) is 7.20. The summed E-state index contributed by atoms with van der Waals surface area (Å²) in [7, 11) is 3.66. The first-order valence-electron chi connectivity index (χ1n) is 8.22. The summed E-state index contributed by atoms with van der Waals surface area (Å²) in [6.45, 7) is 5.60. The van der Waals surface area contributed by atoms with E-state index in [4.69, 9.17) is 0 Å². The topological polar surface area (TPSA) is 70.5 Å². The standard InChI is InChI=1S/C16H27N5O2/c1-5-6-7-14-15(22)19(3)8-9-21(14)16(23)17-10-13-11-20(4)18-12(13)2/h11,14H,5-10H2,1-4H3,(H,17,23)/t14-/m0/s1. The van der Waals surface area contributed by atoms with E-state index in [9.17, 15) is 9.59 Å². The molecular weight excluding hydrogens is 294 g/mol. The van der Waals surface area contributed by atoms with Crippen LogP contribution in [-0.4, -0.2) is 57.7 Å². The molecule has 1 aromatic heterocycles. The van der Waals surface area contributed by atoms with Gasteiger partial charge in [-0.1, -0.05) is 19.8 Å². The van der Waals surface area contributed by atoms with Crippen molar-refractivity contribution in [2.24, 2.45) is 7.05 Å². The van der Waals surface area contributed by atoms with E-state index in [0.717, 1.165) is 30.5 Å². The molecule has 0 aromatic carbocycles. The molecule has 1 atom stereocenters. The van der Waals surface area contributed by atoms with E-state index in [-0.39, 0.29) is 18.0 Å². The Labute approximate surface area is 137 Å². The van der Waals surface area contributed by atoms with Gasteiger partial charge in [0.05, 0.1) is 5.69 Å². The lowest BCUT2D eigenvalue weighted by Crippen LogP contribution is -2.59. The van der Waals surface area contributed by atoms with Crippen molar-refractivity contribution in [1.29, 1.82) is 0 Å². The molecule has 0 bridgehead atoms. The van der Waals surface area contributed by atoms with Crippen LogP contribution in [0.4, 0.5) is 4.79 Å². The van der Waals surface area contributed by atoms with Crippen molar-refractivity contribution in [3.63, 3.8) is 0 Å². The van der Waals surface area contributed by atoms with E-state index in [1.54, 1.807) is 21.5 Å². The van der Waals surface area contributed by atoms with Gasteiger partial charge in [0.25, 0.3) is 0 Å². The molecule has 0 spiro atoms. The molecule has 0 unspecified atom stereocenters. The van der Waals surface area contributed by atoms with Crippen molar-refractivity contribution in [1.82, 2.24) is 24.9 Å². The van der Waals surface area contributed by atoms with E-state index in [2.05, 4.69) is 17.3 Å². The minimum absolute atomic E-state index is 0.0393. The molecule has 1 fully saturated rings. The number of hydrogen-bond acceptors (Lipinski definition) is 3. The number of urea groups is 1. The van der Waals surface area contributed by atoms with Gasteiger partial charge in [0, 0.05) is 45.5 Å². The van der Waals surface area contributed by atoms with Crippen molar-refractivity contribution < 1.29 is 9.59 Å². The molecule has 0 aliphatic carbocycles. The van der Waals surface area contributed by atoms with Crippen molar-refractivity contribution in [2.75, 3.05) is 20.1 Å². The predicted octanol–water partition coefficient (Wildman–Crippen LogP) is 1.27. The van der Waals surface area contributed by atoms with Crippen LogP contribution in [0.2, 0.25) is 0 Å². The van der Waals surface area contributed by atoms with Gasteiger partial charge in [-0.3, -0.25) is 9.48 Å². The van der Waals surface area contributed by atoms with Crippen LogP contribution in [-0.2, 0) is 18.4 Å². The molecule has 23 heavy (non-hydrogen) atoms. The first kappa shape index (κ1) is 17.3. The number of piperazine rings is 1. The molecule has 3 amide bonds. The zero-order valence-electron chi connectivity index (χ0n) is 14.5. The highest BCUT2D eigenvalue weighted by molar-refractivity contribution is 5.88. The SMILES string of the molecule is CCCC[C@H]1C(=O)N(C)CCN1C(=O)NCc1cn(C)nc1C. The van der Waals surface area contributed by atoms with Gasteiger partial charge in [-0.2, -0.15) is 5.10 Å². The van der Waals surface area contributed by atoms with Gasteiger partial charge >= 0.3 is 6.03 Å². The van der Waals surface area contributed by atoms with E-state index in [1.165, 1.54) is 0 Å². The fourth-order valence-corrected chi connectivity index (χ4v) is 2.93. The van der Waals surface area contributed by atoms with Crippen molar-refractivity contribution in [2.45, 2.75) is 45.7 Å². The highest BCUT2D eigenvalue weighted by Crippen LogP contribution is 2.16. The van der Waals surface area contributed by atoms with E-state index >= 15 is 0 Å². The summed E-state index contributed by atoms with van der Waals surface area (Å²) in [5.41, 5.74) is 1.90. The summed E-state index contributed by atoms with van der Waals surface area (Å²) >= 11 is 0. The number of amides is 3. The van der Waals surface area contributed by atoms with Gasteiger partial charge in [0.2, 0.25) is 5.91 Å². The Bertz CT molecular complexity index is 569. The molecular formula is C16H27N5O2. The fraction of sp³-hybridized carbons (Fsp3) is 0.688. The molecule has 1 N–H and O–H groups in total. The smallest absolute Gasteiger partial charge is 0.318 e. The van der Waals surface area contributed by atoms with Crippen LogP contribution in [0.25, 0.3) is 0 Å². The summed E-state index contributed by atoms with van der Waals surface area (Å²) < 4.78 is 1.74. The molecule has 1 saturated heterocycles. The van der Waals surface area contributed by atoms with E-state index in [0.29, 0.717) is 19.6 Å². The fourth-order valence-electron chi connectivity index (χ4n) is 2.93. The molecule has 2 rings (SSSR count). The Balaban J connectivity index is 2.00. The third-order valence-electron chi connectivity index (χ3n) is 4.35. The second-order valence-corrected chi connectivity index (χ2v) is 6.18. The maximum atomic E-state index is 12.5. The number of hydrogen-bond donors (Lipinski definition) is 1. The highest BCUT2D eigenvalue weighted by atomic mass is 16.2. The lowest BCUT2D eigenvalue weighted by molar-refractivity contribution is -0.138. The van der Waals surface area contributed by atoms with Crippen LogP contribution in [0.3, 0.4) is 0 Å². The largest absolute Gasteiger partial charge is 0.342 e. The van der Waals surface area contributed by atoms with Crippen molar-refractivity contribution in [3.8, 4) is 0 Å². The zero-order chi connectivity index (χ0) is 17.0. The third-order valence-corrected chi connectivity index (χ3v) is 4.35. The summed E-state index contributed by atoms with van der Waals surface area (Å²) in [6.07, 6.45) is 4.58. The number of carbonyl (C=O) groups excluding carboxylic acids is 2. The number of unbranched alkanes of at least 4 members (excludes halogenated alkanes) is 1. The second kappa shape index (κ2) is 7.48. The minimum Gasteiger partial charge on any atom is -0.342 e. The average Bonchev–Trinajstić information content (AvgIpc) is 2.84. The van der Waals surface area contributed by atoms with Gasteiger partial charge in [-0.05, 0) is 13.3 Å². The number of nitrogens with one attached hydrogen (secondary N) is 1. The van der Waals surface area contributed by atoms with Gasteiger partial charge in [-0.25, -0.2) is 4.79 Å². The molecule has 7 heteroatoms. The summed E-state index contributed by atoms with van der Waals surface area (Å²) in [6, 6.07) is -0.514. The number of rotatable bonds is 5. The summed E-state index contributed by atoms with van der Waals surface area (Å²) in [4.78, 5) is 28.3. The third kappa shape index (κ3) is 4.03. The van der Waals surface area contributed by atoms with Crippen LogP contribution >= 0.6 is 0 Å². The van der Waals surface area contributed by atoms with Gasteiger partial charge in [0.15, 0.2) is 0 Å². The zero-order valence-corrected chi connectivity index (χ0v) is 14.5. The molecule has 1 aromatic rings. The maximum Gasteiger partial charge on any atom is 0.318 e. The first-order chi connectivity index (χ1) is 10.9. The van der Waals surface area contributed by atoms with Crippen LogP contribution < -0.4 is 5.32 Å². The molecule has 0 radical (unpaired) electrons. The minimum atomic E-state index is -0.344. The van der Waals surface area contributed by atoms with Crippen molar-refractivity contribution in [3.05, 3.63) is 17.5 Å². The Morgan fingerprint density at radius 1 is 1.39 bits per heavy atom. The number of aryl methyl sites for hydroxylation is 2. The Morgan fingerprint density at radius 2 is 2.13 bits per heavy atom. The lowest BCUT2D eigenvalue weighted by Gasteiger charge is -2.39. The lowest BCUT2D eigenvalue weighted by atomic mass is 10.0. The molecule has 128 valence electrons. The molecule has 1 aliphatic rings. The van der Waals surface area contributed by atoms with Crippen LogP contribution in [0, 0.1) is 6.92 Å². The van der Waals surface area contributed by atoms with Crippen LogP contribution in [0.15, 0.2) is 6.20 Å². The Hall–Kier alpha value is -2.05.